The molecular weight excluding hydrogens is 371 g/mol. The maximum atomic E-state index is 12.5. The molecule has 3 aromatic rings. The van der Waals surface area contributed by atoms with E-state index in [0.29, 0.717) is 16.1 Å². The monoisotopic (exact) mass is 381 g/mol. The van der Waals surface area contributed by atoms with Gasteiger partial charge in [-0.3, -0.25) is 4.79 Å². The highest BCUT2D eigenvalue weighted by atomic mass is 35.5. The number of benzene rings is 2. The number of carbonyl (C=O) groups is 1. The number of halogens is 4. The quantitative estimate of drug-likeness (QED) is 0.648. The molecule has 0 bridgehead atoms. The van der Waals surface area contributed by atoms with Crippen molar-refractivity contribution in [2.24, 2.45) is 0 Å². The number of hydrogen-bond acceptors (Lipinski definition) is 5. The Balaban J connectivity index is 1.66. The first-order chi connectivity index (χ1) is 12.3. The second-order valence-corrected chi connectivity index (χ2v) is 5.72. The van der Waals surface area contributed by atoms with Crippen LogP contribution in [0.3, 0.4) is 0 Å². The zero-order valence-corrected chi connectivity index (χ0v) is 13.8. The average molecular weight is 382 g/mol. The molecule has 1 N–H and O–H groups in total. The number of anilines is 1. The van der Waals surface area contributed by atoms with Gasteiger partial charge in [-0.15, -0.1) is 0 Å². The van der Waals surface area contributed by atoms with Gasteiger partial charge < -0.3 is 9.84 Å². The largest absolute Gasteiger partial charge is 0.471 e. The summed E-state index contributed by atoms with van der Waals surface area (Å²) in [4.78, 5) is 15.5. The van der Waals surface area contributed by atoms with Gasteiger partial charge in [0.05, 0.1) is 6.54 Å². The topological polar surface area (TPSA) is 68.0 Å². The minimum absolute atomic E-state index is 0.0570. The summed E-state index contributed by atoms with van der Waals surface area (Å²) in [5.41, 5.74) is 1.45. The molecule has 0 spiro atoms. The van der Waals surface area contributed by atoms with Gasteiger partial charge in [0.15, 0.2) is 5.78 Å². The van der Waals surface area contributed by atoms with Gasteiger partial charge in [-0.25, -0.2) is 0 Å². The maximum absolute atomic E-state index is 12.5. The van der Waals surface area contributed by atoms with Crippen LogP contribution in [0.15, 0.2) is 53.1 Å². The molecule has 0 aliphatic carbocycles. The lowest BCUT2D eigenvalue weighted by Gasteiger charge is -2.06. The fourth-order valence-electron chi connectivity index (χ4n) is 2.11. The van der Waals surface area contributed by atoms with Gasteiger partial charge in [0.1, 0.15) is 0 Å². The van der Waals surface area contributed by atoms with Crippen molar-refractivity contribution in [2.45, 2.75) is 6.18 Å². The number of ketones is 1. The molecule has 0 aliphatic heterocycles. The Morgan fingerprint density at radius 3 is 2.31 bits per heavy atom. The number of aromatic nitrogens is 2. The van der Waals surface area contributed by atoms with Crippen LogP contribution in [0.4, 0.5) is 18.9 Å². The zero-order chi connectivity index (χ0) is 18.7. The first-order valence-corrected chi connectivity index (χ1v) is 7.75. The van der Waals surface area contributed by atoms with Crippen LogP contribution in [-0.4, -0.2) is 22.5 Å². The van der Waals surface area contributed by atoms with E-state index in [-0.39, 0.29) is 18.2 Å². The van der Waals surface area contributed by atoms with Crippen LogP contribution < -0.4 is 5.32 Å². The zero-order valence-electron chi connectivity index (χ0n) is 13.0. The molecular formula is C17H11ClF3N3O2. The number of carbonyl (C=O) groups excluding carboxylic acids is 1. The molecule has 3 rings (SSSR count). The fraction of sp³-hybridized carbons (Fsp3) is 0.118. The van der Waals surface area contributed by atoms with Crippen LogP contribution in [0.2, 0.25) is 5.02 Å². The van der Waals surface area contributed by atoms with Crippen LogP contribution in [0.25, 0.3) is 11.4 Å². The molecule has 0 fully saturated rings. The molecule has 134 valence electrons. The van der Waals surface area contributed by atoms with E-state index in [1.807, 2.05) is 0 Å². The summed E-state index contributed by atoms with van der Waals surface area (Å²) in [6, 6.07) is 12.8. The van der Waals surface area contributed by atoms with Gasteiger partial charge in [0, 0.05) is 21.8 Å². The summed E-state index contributed by atoms with van der Waals surface area (Å²) < 4.78 is 41.6. The highest BCUT2D eigenvalue weighted by molar-refractivity contribution is 6.30. The van der Waals surface area contributed by atoms with Crippen LogP contribution in [0.1, 0.15) is 16.2 Å². The molecule has 2 aromatic carbocycles. The molecule has 0 atom stereocenters. The third kappa shape index (κ3) is 4.20. The Labute approximate surface area is 150 Å². The van der Waals surface area contributed by atoms with E-state index in [2.05, 4.69) is 20.0 Å². The minimum atomic E-state index is -4.70. The first-order valence-electron chi connectivity index (χ1n) is 7.37. The SMILES string of the molecule is O=C(CNc1ccc(Cl)cc1)c1ccc(-c2noc(C(F)(F)F)n2)cc1. The number of alkyl halides is 3. The standard InChI is InChI=1S/C17H11ClF3N3O2/c18-12-5-7-13(8-6-12)22-9-14(25)10-1-3-11(4-2-10)15-23-16(26-24-15)17(19,20)21/h1-8,22H,9H2. The Morgan fingerprint density at radius 2 is 1.73 bits per heavy atom. The van der Waals surface area contributed by atoms with Crippen molar-refractivity contribution in [3.05, 3.63) is 65.0 Å². The smallest absolute Gasteiger partial charge is 0.378 e. The Morgan fingerprint density at radius 1 is 1.08 bits per heavy atom. The lowest BCUT2D eigenvalue weighted by atomic mass is 10.1. The fourth-order valence-corrected chi connectivity index (χ4v) is 2.24. The Hall–Kier alpha value is -2.87. The van der Waals surface area contributed by atoms with E-state index >= 15 is 0 Å². The van der Waals surface area contributed by atoms with Crippen LogP contribution in [0.5, 0.6) is 0 Å². The number of nitrogens with one attached hydrogen (secondary N) is 1. The highest BCUT2D eigenvalue weighted by Crippen LogP contribution is 2.29. The molecule has 0 saturated carbocycles. The molecule has 0 saturated heterocycles. The third-order valence-electron chi connectivity index (χ3n) is 3.43. The van der Waals surface area contributed by atoms with Crippen molar-refractivity contribution < 1.29 is 22.5 Å². The van der Waals surface area contributed by atoms with E-state index in [4.69, 9.17) is 11.6 Å². The van der Waals surface area contributed by atoms with E-state index < -0.39 is 12.1 Å². The summed E-state index contributed by atoms with van der Waals surface area (Å²) in [5.74, 6) is -1.80. The molecule has 9 heteroatoms. The molecule has 1 heterocycles. The van der Waals surface area contributed by atoms with Crippen molar-refractivity contribution in [3.63, 3.8) is 0 Å². The van der Waals surface area contributed by atoms with Crippen molar-refractivity contribution in [1.29, 1.82) is 0 Å². The lowest BCUT2D eigenvalue weighted by Crippen LogP contribution is -2.13. The van der Waals surface area contributed by atoms with Crippen molar-refractivity contribution in [1.82, 2.24) is 10.1 Å². The number of Topliss-reactive ketones (excluding diaryl/α,β-unsaturated/α-hetero) is 1. The van der Waals surface area contributed by atoms with Crippen LogP contribution >= 0.6 is 11.6 Å². The molecule has 0 aliphatic rings. The summed E-state index contributed by atoms with van der Waals surface area (Å²) in [7, 11) is 0. The lowest BCUT2D eigenvalue weighted by molar-refractivity contribution is -0.159. The minimum Gasteiger partial charge on any atom is -0.378 e. The molecule has 0 radical (unpaired) electrons. The Kier molecular flexibility index (Phi) is 4.94. The van der Waals surface area contributed by atoms with Gasteiger partial charge in [-0.1, -0.05) is 41.0 Å². The van der Waals surface area contributed by atoms with Crippen molar-refractivity contribution in [2.75, 3.05) is 11.9 Å². The van der Waals surface area contributed by atoms with Gasteiger partial charge in [-0.05, 0) is 24.3 Å². The van der Waals surface area contributed by atoms with E-state index in [1.54, 1.807) is 24.3 Å². The van der Waals surface area contributed by atoms with Crippen LogP contribution in [-0.2, 0) is 6.18 Å². The highest BCUT2D eigenvalue weighted by Gasteiger charge is 2.38. The molecule has 1 aromatic heterocycles. The van der Waals surface area contributed by atoms with Crippen molar-refractivity contribution >= 4 is 23.1 Å². The second kappa shape index (κ2) is 7.17. The number of nitrogens with zero attached hydrogens (tertiary/aromatic N) is 2. The van der Waals surface area contributed by atoms with Gasteiger partial charge in [-0.2, -0.15) is 18.2 Å². The number of rotatable bonds is 5. The second-order valence-electron chi connectivity index (χ2n) is 5.28. The third-order valence-corrected chi connectivity index (χ3v) is 3.68. The molecule has 26 heavy (non-hydrogen) atoms. The first kappa shape index (κ1) is 17.9. The predicted octanol–water partition coefficient (Wildman–Crippen LogP) is 4.70. The van der Waals surface area contributed by atoms with Crippen LogP contribution in [0, 0.1) is 0 Å². The van der Waals surface area contributed by atoms with E-state index in [0.717, 1.165) is 5.69 Å². The van der Waals surface area contributed by atoms with Crippen molar-refractivity contribution in [3.8, 4) is 11.4 Å². The molecule has 5 nitrogen and oxygen atoms in total. The van der Waals surface area contributed by atoms with Gasteiger partial charge >= 0.3 is 12.1 Å². The number of hydrogen-bond donors (Lipinski definition) is 1. The summed E-state index contributed by atoms with van der Waals surface area (Å²) in [5, 5.41) is 6.85. The van der Waals surface area contributed by atoms with Gasteiger partial charge in [0.2, 0.25) is 5.82 Å². The van der Waals surface area contributed by atoms with E-state index in [9.17, 15) is 18.0 Å². The summed E-state index contributed by atoms with van der Waals surface area (Å²) in [6.07, 6.45) is -4.70. The predicted molar refractivity (Wildman–Crippen MR) is 89.0 cm³/mol. The summed E-state index contributed by atoms with van der Waals surface area (Å²) in [6.45, 7) is 0.0570. The normalized spacial score (nSPS) is 11.4. The molecule has 0 amide bonds. The van der Waals surface area contributed by atoms with Gasteiger partial charge in [0.25, 0.3) is 0 Å². The maximum Gasteiger partial charge on any atom is 0.471 e. The van der Waals surface area contributed by atoms with E-state index in [1.165, 1.54) is 24.3 Å². The Bertz CT molecular complexity index is 906. The summed E-state index contributed by atoms with van der Waals surface area (Å²) >= 11 is 5.79. The molecule has 0 unspecified atom stereocenters. The average Bonchev–Trinajstić information content (AvgIpc) is 3.12.